The predicted molar refractivity (Wildman–Crippen MR) is 102 cm³/mol. The molecule has 0 fully saturated rings. The summed E-state index contributed by atoms with van der Waals surface area (Å²) >= 11 is 0. The molecule has 1 heterocycles. The topological polar surface area (TPSA) is 82.2 Å². The molecule has 0 bridgehead atoms. The highest BCUT2D eigenvalue weighted by Gasteiger charge is 2.23. The van der Waals surface area contributed by atoms with Crippen molar-refractivity contribution in [1.82, 2.24) is 14.9 Å². The van der Waals surface area contributed by atoms with Gasteiger partial charge in [-0.15, -0.1) is 0 Å². The van der Waals surface area contributed by atoms with Crippen LogP contribution in [-0.4, -0.2) is 35.2 Å². The summed E-state index contributed by atoms with van der Waals surface area (Å²) in [4.78, 5) is 17.3. The Bertz CT molecular complexity index is 872. The molecule has 2 aromatic carbocycles. The van der Waals surface area contributed by atoms with Crippen LogP contribution in [0.1, 0.15) is 23.9 Å². The van der Waals surface area contributed by atoms with Crippen LogP contribution in [0.15, 0.2) is 54.6 Å². The first-order chi connectivity index (χ1) is 12.6. The number of fused-ring (bicyclic) bond motifs is 1. The molecule has 0 radical (unpaired) electrons. The number of amides is 1. The van der Waals surface area contributed by atoms with E-state index in [2.05, 4.69) is 5.32 Å². The SMILES string of the molecule is COC(CN)CC(=O)NC(c1ccccc1)c1nc2ccccc2n1C. The number of nitrogens with two attached hydrogens (primary N) is 1. The molecule has 26 heavy (non-hydrogen) atoms. The van der Waals surface area contributed by atoms with Crippen LogP contribution in [0.4, 0.5) is 0 Å². The number of hydrogen-bond donors (Lipinski definition) is 2. The highest BCUT2D eigenvalue weighted by molar-refractivity contribution is 5.79. The fourth-order valence-corrected chi connectivity index (χ4v) is 3.05. The maximum absolute atomic E-state index is 12.6. The molecular weight excluding hydrogens is 328 g/mol. The first kappa shape index (κ1) is 18.1. The Hall–Kier alpha value is -2.70. The Balaban J connectivity index is 1.96. The van der Waals surface area contributed by atoms with Crippen LogP contribution in [-0.2, 0) is 16.6 Å². The summed E-state index contributed by atoms with van der Waals surface area (Å²) in [5.41, 5.74) is 8.53. The Morgan fingerprint density at radius 1 is 1.19 bits per heavy atom. The minimum atomic E-state index is -0.351. The summed E-state index contributed by atoms with van der Waals surface area (Å²) in [6, 6.07) is 17.4. The summed E-state index contributed by atoms with van der Waals surface area (Å²) in [5.74, 6) is 0.663. The minimum Gasteiger partial charge on any atom is -0.380 e. The lowest BCUT2D eigenvalue weighted by molar-refractivity contribution is -0.123. The standard InChI is InChI=1S/C20H24N4O2/c1-24-17-11-7-6-10-16(17)22-20(24)19(14-8-4-3-5-9-14)23-18(25)12-15(13-21)26-2/h3-11,15,19H,12-13,21H2,1-2H3,(H,23,25). The van der Waals surface area contributed by atoms with Crippen molar-refractivity contribution in [1.29, 1.82) is 0 Å². The number of rotatable bonds is 7. The predicted octanol–water partition coefficient (Wildman–Crippen LogP) is 2.14. The molecular formula is C20H24N4O2. The third kappa shape index (κ3) is 3.76. The minimum absolute atomic E-state index is 0.122. The van der Waals surface area contributed by atoms with Gasteiger partial charge in [0.05, 0.1) is 23.6 Å². The summed E-state index contributed by atoms with van der Waals surface area (Å²) in [7, 11) is 3.52. The van der Waals surface area contributed by atoms with Crippen molar-refractivity contribution in [2.45, 2.75) is 18.6 Å². The van der Waals surface area contributed by atoms with Gasteiger partial charge in [-0.25, -0.2) is 4.98 Å². The van der Waals surface area contributed by atoms with E-state index in [0.717, 1.165) is 22.4 Å². The van der Waals surface area contributed by atoms with E-state index in [0.29, 0.717) is 6.54 Å². The van der Waals surface area contributed by atoms with Crippen molar-refractivity contribution in [3.8, 4) is 0 Å². The number of hydrogen-bond acceptors (Lipinski definition) is 4. The number of carbonyl (C=O) groups is 1. The van der Waals surface area contributed by atoms with E-state index in [-0.39, 0.29) is 24.5 Å². The Morgan fingerprint density at radius 2 is 1.88 bits per heavy atom. The number of para-hydroxylation sites is 2. The van der Waals surface area contributed by atoms with Crippen LogP contribution in [0.25, 0.3) is 11.0 Å². The largest absolute Gasteiger partial charge is 0.380 e. The van der Waals surface area contributed by atoms with Gasteiger partial charge < -0.3 is 20.4 Å². The average molecular weight is 352 g/mol. The number of nitrogens with zero attached hydrogens (tertiary/aromatic N) is 2. The van der Waals surface area contributed by atoms with E-state index in [1.165, 1.54) is 0 Å². The van der Waals surface area contributed by atoms with Crippen LogP contribution in [0.5, 0.6) is 0 Å². The average Bonchev–Trinajstić information content (AvgIpc) is 3.01. The molecule has 0 saturated carbocycles. The number of ether oxygens (including phenoxy) is 1. The highest BCUT2D eigenvalue weighted by Crippen LogP contribution is 2.25. The second kappa shape index (κ2) is 8.12. The first-order valence-electron chi connectivity index (χ1n) is 8.62. The Labute approximate surface area is 153 Å². The molecule has 2 unspecified atom stereocenters. The van der Waals surface area contributed by atoms with Crippen molar-refractivity contribution in [3.63, 3.8) is 0 Å². The molecule has 3 N–H and O–H groups in total. The maximum Gasteiger partial charge on any atom is 0.223 e. The molecule has 3 aromatic rings. The van der Waals surface area contributed by atoms with E-state index in [1.54, 1.807) is 7.11 Å². The van der Waals surface area contributed by atoms with E-state index >= 15 is 0 Å². The number of aromatic nitrogens is 2. The van der Waals surface area contributed by atoms with Crippen LogP contribution in [0.3, 0.4) is 0 Å². The van der Waals surface area contributed by atoms with Gasteiger partial charge in [-0.1, -0.05) is 42.5 Å². The molecule has 3 rings (SSSR count). The van der Waals surface area contributed by atoms with E-state index in [9.17, 15) is 4.79 Å². The van der Waals surface area contributed by atoms with Crippen LogP contribution in [0, 0.1) is 0 Å². The number of nitrogens with one attached hydrogen (secondary N) is 1. The van der Waals surface area contributed by atoms with Crippen molar-refractivity contribution < 1.29 is 9.53 Å². The number of imidazole rings is 1. The first-order valence-corrected chi connectivity index (χ1v) is 8.62. The van der Waals surface area contributed by atoms with E-state index in [1.807, 2.05) is 66.2 Å². The normalized spacial score (nSPS) is 13.5. The van der Waals surface area contributed by atoms with Crippen LogP contribution < -0.4 is 11.1 Å². The lowest BCUT2D eigenvalue weighted by atomic mass is 10.1. The third-order valence-corrected chi connectivity index (χ3v) is 4.53. The lowest BCUT2D eigenvalue weighted by Gasteiger charge is -2.21. The highest BCUT2D eigenvalue weighted by atomic mass is 16.5. The van der Waals surface area contributed by atoms with Gasteiger partial charge in [0.1, 0.15) is 11.9 Å². The molecule has 0 saturated heterocycles. The van der Waals surface area contributed by atoms with Crippen molar-refractivity contribution in [2.24, 2.45) is 12.8 Å². The van der Waals surface area contributed by atoms with E-state index < -0.39 is 0 Å². The number of benzene rings is 2. The molecule has 136 valence electrons. The number of carbonyl (C=O) groups excluding carboxylic acids is 1. The second-order valence-corrected chi connectivity index (χ2v) is 6.23. The molecule has 6 heteroatoms. The van der Waals surface area contributed by atoms with Gasteiger partial charge in [-0.2, -0.15) is 0 Å². The molecule has 0 aliphatic heterocycles. The smallest absolute Gasteiger partial charge is 0.223 e. The summed E-state index contributed by atoms with van der Waals surface area (Å²) in [6.45, 7) is 0.298. The molecule has 6 nitrogen and oxygen atoms in total. The van der Waals surface area contributed by atoms with Crippen LogP contribution >= 0.6 is 0 Å². The molecule has 0 spiro atoms. The number of aryl methyl sites for hydroxylation is 1. The number of methoxy groups -OCH3 is 1. The fraction of sp³-hybridized carbons (Fsp3) is 0.300. The monoisotopic (exact) mass is 352 g/mol. The van der Waals surface area contributed by atoms with Crippen molar-refractivity contribution in [3.05, 3.63) is 66.0 Å². The molecule has 0 aliphatic carbocycles. The third-order valence-electron chi connectivity index (χ3n) is 4.53. The summed E-state index contributed by atoms with van der Waals surface area (Å²) < 4.78 is 7.25. The van der Waals surface area contributed by atoms with E-state index in [4.69, 9.17) is 15.5 Å². The summed E-state index contributed by atoms with van der Waals surface area (Å²) in [6.07, 6.45) is -0.0906. The van der Waals surface area contributed by atoms with Crippen molar-refractivity contribution >= 4 is 16.9 Å². The van der Waals surface area contributed by atoms with Gasteiger partial charge in [0, 0.05) is 20.7 Å². The fourth-order valence-electron chi connectivity index (χ4n) is 3.05. The van der Waals surface area contributed by atoms with Gasteiger partial charge in [-0.3, -0.25) is 4.79 Å². The van der Waals surface area contributed by atoms with Crippen LogP contribution in [0.2, 0.25) is 0 Å². The van der Waals surface area contributed by atoms with Gasteiger partial charge in [0.25, 0.3) is 0 Å². The molecule has 1 amide bonds. The molecule has 0 aliphatic rings. The zero-order valence-corrected chi connectivity index (χ0v) is 15.1. The van der Waals surface area contributed by atoms with Gasteiger partial charge >= 0.3 is 0 Å². The molecule has 1 aromatic heterocycles. The summed E-state index contributed by atoms with van der Waals surface area (Å²) in [5, 5.41) is 3.09. The van der Waals surface area contributed by atoms with Gasteiger partial charge in [-0.05, 0) is 17.7 Å². The van der Waals surface area contributed by atoms with Gasteiger partial charge in [0.15, 0.2) is 0 Å². The van der Waals surface area contributed by atoms with Gasteiger partial charge in [0.2, 0.25) is 5.91 Å². The second-order valence-electron chi connectivity index (χ2n) is 6.23. The maximum atomic E-state index is 12.6. The zero-order valence-electron chi connectivity index (χ0n) is 15.1. The molecule has 2 atom stereocenters. The quantitative estimate of drug-likeness (QED) is 0.682. The Morgan fingerprint density at radius 3 is 2.54 bits per heavy atom. The Kier molecular flexibility index (Phi) is 5.65. The lowest BCUT2D eigenvalue weighted by Crippen LogP contribution is -2.35. The van der Waals surface area contributed by atoms with Crippen molar-refractivity contribution in [2.75, 3.05) is 13.7 Å². The zero-order chi connectivity index (χ0) is 18.5.